The van der Waals surface area contributed by atoms with E-state index in [1.807, 2.05) is 6.92 Å². The Morgan fingerprint density at radius 2 is 1.52 bits per heavy atom. The van der Waals surface area contributed by atoms with Crippen molar-refractivity contribution in [2.45, 2.75) is 36.7 Å². The lowest BCUT2D eigenvalue weighted by Crippen LogP contribution is -2.14. The number of aryl methyl sites for hydroxylation is 2. The molecule has 0 aliphatic heterocycles. The number of hydrogen-bond donors (Lipinski definition) is 1. The van der Waals surface area contributed by atoms with Gasteiger partial charge in [0, 0.05) is 5.56 Å². The minimum atomic E-state index is -4.40. The first kappa shape index (κ1) is 21.5. The molecule has 2 aromatic rings. The Kier molecular flexibility index (Phi) is 6.77. The highest BCUT2D eigenvalue weighted by Gasteiger charge is 2.20. The monoisotopic (exact) mass is 414 g/mol. The molecule has 1 unspecified atom stereocenters. The third-order valence-corrected chi connectivity index (χ3v) is 6.13. The molecule has 7 nitrogen and oxygen atoms in total. The molecule has 0 bridgehead atoms. The summed E-state index contributed by atoms with van der Waals surface area (Å²) < 4.78 is 67.0. The smallest absolute Gasteiger partial charge is 0.297 e. The molecule has 0 fully saturated rings. The van der Waals surface area contributed by atoms with Crippen molar-refractivity contribution < 1.29 is 30.3 Å². The molecule has 0 radical (unpaired) electrons. The molecule has 1 atom stereocenters. The third-order valence-electron chi connectivity index (χ3n) is 3.88. The molecule has 9 heteroatoms. The first-order chi connectivity index (χ1) is 12.5. The summed E-state index contributed by atoms with van der Waals surface area (Å²) in [7, 11) is -8.29. The minimum Gasteiger partial charge on any atom is -0.371 e. The summed E-state index contributed by atoms with van der Waals surface area (Å²) in [5.74, 6) is 0. The van der Waals surface area contributed by atoms with E-state index < -0.39 is 26.3 Å². The molecule has 1 N–H and O–H groups in total. The minimum absolute atomic E-state index is 0.0495. The van der Waals surface area contributed by atoms with Crippen molar-refractivity contribution in [2.24, 2.45) is 0 Å². The van der Waals surface area contributed by atoms with E-state index in [-0.39, 0.29) is 23.0 Å². The Morgan fingerprint density at radius 3 is 2.11 bits per heavy atom. The molecule has 0 aliphatic rings. The van der Waals surface area contributed by atoms with Crippen molar-refractivity contribution in [3.8, 4) is 0 Å². The molecule has 2 aromatic carbocycles. The highest BCUT2D eigenvalue weighted by atomic mass is 32.2. The molecule has 0 aromatic heterocycles. The van der Waals surface area contributed by atoms with E-state index in [4.69, 9.17) is 8.92 Å². The summed E-state index contributed by atoms with van der Waals surface area (Å²) in [5, 5.41) is 0. The summed E-state index contributed by atoms with van der Waals surface area (Å²) in [4.78, 5) is -0.192. The van der Waals surface area contributed by atoms with Crippen molar-refractivity contribution in [2.75, 3.05) is 13.2 Å². The van der Waals surface area contributed by atoms with E-state index in [2.05, 4.69) is 0 Å². The van der Waals surface area contributed by atoms with Crippen LogP contribution in [0.2, 0.25) is 0 Å². The zero-order valence-electron chi connectivity index (χ0n) is 15.2. The Balaban J connectivity index is 2.00. The van der Waals surface area contributed by atoms with Gasteiger partial charge in [0.25, 0.3) is 20.2 Å². The lowest BCUT2D eigenvalue weighted by molar-refractivity contribution is 0.0435. The van der Waals surface area contributed by atoms with Crippen LogP contribution in [0.15, 0.2) is 52.3 Å². The van der Waals surface area contributed by atoms with Crippen LogP contribution in [0, 0.1) is 13.8 Å². The van der Waals surface area contributed by atoms with Crippen LogP contribution < -0.4 is 0 Å². The second-order valence-corrected chi connectivity index (χ2v) is 9.12. The normalized spacial score (nSPS) is 13.5. The van der Waals surface area contributed by atoms with Crippen LogP contribution in [-0.4, -0.2) is 34.6 Å². The standard InChI is InChI=1S/C18H22O7S2/c1-13-4-7-16(8-5-13)27(22,23)25-11-10-24-15(3)17-12-14(2)6-9-18(17)26(19,20)21/h4-9,12,15H,10-11H2,1-3H3,(H,19,20,21). The maximum absolute atomic E-state index is 12.1. The lowest BCUT2D eigenvalue weighted by Gasteiger charge is -2.17. The second kappa shape index (κ2) is 8.49. The Morgan fingerprint density at radius 1 is 0.926 bits per heavy atom. The Hall–Kier alpha value is -1.78. The van der Waals surface area contributed by atoms with Crippen LogP contribution in [0.25, 0.3) is 0 Å². The quantitative estimate of drug-likeness (QED) is 0.402. The molecule has 27 heavy (non-hydrogen) atoms. The van der Waals surface area contributed by atoms with Crippen molar-refractivity contribution in [1.29, 1.82) is 0 Å². The fourth-order valence-corrected chi connectivity index (χ4v) is 4.11. The maximum Gasteiger partial charge on any atom is 0.297 e. The lowest BCUT2D eigenvalue weighted by atomic mass is 10.1. The predicted octanol–water partition coefficient (Wildman–Crippen LogP) is 3.03. The van der Waals surface area contributed by atoms with Gasteiger partial charge in [-0.25, -0.2) is 0 Å². The molecular formula is C18H22O7S2. The van der Waals surface area contributed by atoms with Gasteiger partial charge in [-0.3, -0.25) is 8.74 Å². The van der Waals surface area contributed by atoms with E-state index in [0.29, 0.717) is 5.56 Å². The Bertz CT molecular complexity index is 995. The van der Waals surface area contributed by atoms with Gasteiger partial charge in [0.1, 0.15) is 0 Å². The van der Waals surface area contributed by atoms with E-state index >= 15 is 0 Å². The van der Waals surface area contributed by atoms with Gasteiger partial charge < -0.3 is 4.74 Å². The van der Waals surface area contributed by atoms with Crippen LogP contribution >= 0.6 is 0 Å². The topological polar surface area (TPSA) is 107 Å². The van der Waals surface area contributed by atoms with Crippen LogP contribution in [0.5, 0.6) is 0 Å². The fourth-order valence-electron chi connectivity index (χ4n) is 2.45. The van der Waals surface area contributed by atoms with Gasteiger partial charge in [-0.05, 0) is 39.0 Å². The average Bonchev–Trinajstić information content (AvgIpc) is 2.57. The summed E-state index contributed by atoms with van der Waals surface area (Å²) in [6, 6.07) is 10.7. The fraction of sp³-hybridized carbons (Fsp3) is 0.333. The summed E-state index contributed by atoms with van der Waals surface area (Å²) in [5.41, 5.74) is 2.02. The highest BCUT2D eigenvalue weighted by molar-refractivity contribution is 7.86. The number of benzene rings is 2. The van der Waals surface area contributed by atoms with Gasteiger partial charge in [-0.1, -0.05) is 35.4 Å². The molecule has 0 aliphatic carbocycles. The number of hydrogen-bond acceptors (Lipinski definition) is 6. The number of rotatable bonds is 8. The van der Waals surface area contributed by atoms with Gasteiger partial charge in [0.2, 0.25) is 0 Å². The van der Waals surface area contributed by atoms with E-state index in [1.165, 1.54) is 18.2 Å². The zero-order chi connectivity index (χ0) is 20.2. The van der Waals surface area contributed by atoms with Gasteiger partial charge in [0.15, 0.2) is 0 Å². The molecule has 0 heterocycles. The van der Waals surface area contributed by atoms with Crippen molar-refractivity contribution >= 4 is 20.2 Å². The average molecular weight is 415 g/mol. The zero-order valence-corrected chi connectivity index (χ0v) is 16.9. The molecule has 0 saturated carbocycles. The van der Waals surface area contributed by atoms with Crippen molar-refractivity contribution in [3.63, 3.8) is 0 Å². The Labute approximate surface area is 159 Å². The van der Waals surface area contributed by atoms with Crippen molar-refractivity contribution in [3.05, 3.63) is 59.2 Å². The van der Waals surface area contributed by atoms with Gasteiger partial charge >= 0.3 is 0 Å². The van der Waals surface area contributed by atoms with Gasteiger partial charge in [0.05, 0.1) is 29.1 Å². The van der Waals surface area contributed by atoms with Crippen LogP contribution in [0.4, 0.5) is 0 Å². The SMILES string of the molecule is Cc1ccc(S(=O)(=O)OCCOC(C)c2cc(C)ccc2S(=O)(=O)O)cc1. The summed E-state index contributed by atoms with van der Waals surface area (Å²) in [6.45, 7) is 4.93. The second-order valence-electron chi connectivity index (χ2n) is 6.12. The van der Waals surface area contributed by atoms with E-state index in [9.17, 15) is 21.4 Å². The number of ether oxygens (including phenoxy) is 1. The van der Waals surface area contributed by atoms with Gasteiger partial charge in [-0.2, -0.15) is 16.8 Å². The third kappa shape index (κ3) is 5.85. The molecule has 0 saturated heterocycles. The first-order valence-electron chi connectivity index (χ1n) is 8.16. The summed E-state index contributed by atoms with van der Waals surface area (Å²) >= 11 is 0. The molecule has 0 amide bonds. The van der Waals surface area contributed by atoms with Gasteiger partial charge in [-0.15, -0.1) is 0 Å². The molecule has 148 valence electrons. The maximum atomic E-state index is 12.1. The van der Waals surface area contributed by atoms with Crippen molar-refractivity contribution in [1.82, 2.24) is 0 Å². The highest BCUT2D eigenvalue weighted by Crippen LogP contribution is 2.26. The van der Waals surface area contributed by atoms with E-state index in [1.54, 1.807) is 38.1 Å². The largest absolute Gasteiger partial charge is 0.371 e. The summed E-state index contributed by atoms with van der Waals surface area (Å²) in [6.07, 6.45) is -0.687. The van der Waals surface area contributed by atoms with Crippen LogP contribution in [0.3, 0.4) is 0 Å². The van der Waals surface area contributed by atoms with E-state index in [0.717, 1.165) is 11.1 Å². The molecular weight excluding hydrogens is 392 g/mol. The van der Waals surface area contributed by atoms with Crippen LogP contribution in [0.1, 0.15) is 29.7 Å². The molecule has 0 spiro atoms. The molecule has 2 rings (SSSR count). The van der Waals surface area contributed by atoms with Crippen LogP contribution in [-0.2, 0) is 29.2 Å². The first-order valence-corrected chi connectivity index (χ1v) is 11.0. The predicted molar refractivity (Wildman–Crippen MR) is 99.7 cm³/mol.